The van der Waals surface area contributed by atoms with Crippen LogP contribution in [0.4, 0.5) is 16.2 Å². The summed E-state index contributed by atoms with van der Waals surface area (Å²) in [6.07, 6.45) is 3.15. The molecule has 0 aliphatic carbocycles. The van der Waals surface area contributed by atoms with Crippen molar-refractivity contribution in [3.63, 3.8) is 0 Å². The summed E-state index contributed by atoms with van der Waals surface area (Å²) in [5.41, 5.74) is 3.10. The number of ether oxygens (including phenoxy) is 1. The Morgan fingerprint density at radius 3 is 2.46 bits per heavy atom. The molecule has 2 N–H and O–H groups in total. The van der Waals surface area contributed by atoms with Crippen LogP contribution in [0, 0.1) is 6.92 Å². The Morgan fingerprint density at radius 2 is 1.69 bits per heavy atom. The van der Waals surface area contributed by atoms with Crippen molar-refractivity contribution in [2.24, 2.45) is 0 Å². The van der Waals surface area contributed by atoms with Gasteiger partial charge < -0.3 is 14.6 Å². The molecule has 196 valence electrons. The number of carbonyl (C=O) groups is 4. The first-order chi connectivity index (χ1) is 18.9. The number of amides is 5. The second-order valence-corrected chi connectivity index (χ2v) is 9.00. The lowest BCUT2D eigenvalue weighted by molar-refractivity contribution is -0.122. The molecular weight excluding hydrogens is 496 g/mol. The first kappa shape index (κ1) is 25.5. The minimum absolute atomic E-state index is 0.0179. The topological polar surface area (TPSA) is 110 Å². The maximum Gasteiger partial charge on any atom is 0.336 e. The van der Waals surface area contributed by atoms with E-state index < -0.39 is 17.8 Å². The molecule has 1 saturated heterocycles. The molecule has 1 aliphatic rings. The molecule has 1 aromatic heterocycles. The maximum absolute atomic E-state index is 13.5. The van der Waals surface area contributed by atoms with E-state index in [0.717, 1.165) is 21.4 Å². The number of aromatic nitrogens is 1. The van der Waals surface area contributed by atoms with Gasteiger partial charge in [0.1, 0.15) is 17.9 Å². The number of imide groups is 2. The van der Waals surface area contributed by atoms with Gasteiger partial charge in [0.25, 0.3) is 11.8 Å². The summed E-state index contributed by atoms with van der Waals surface area (Å²) in [6.45, 7) is 4.11. The van der Waals surface area contributed by atoms with Crippen LogP contribution in [-0.2, 0) is 20.9 Å². The molecule has 9 heteroatoms. The Labute approximate surface area is 224 Å². The summed E-state index contributed by atoms with van der Waals surface area (Å²) in [6, 6.07) is 20.6. The molecule has 0 spiro atoms. The van der Waals surface area contributed by atoms with Gasteiger partial charge in [0.15, 0.2) is 0 Å². The molecule has 0 unspecified atom stereocenters. The number of anilines is 2. The van der Waals surface area contributed by atoms with Gasteiger partial charge in [-0.05, 0) is 50.3 Å². The van der Waals surface area contributed by atoms with Crippen LogP contribution in [0.15, 0.2) is 84.6 Å². The number of hydrogen-bond acceptors (Lipinski definition) is 5. The highest BCUT2D eigenvalue weighted by molar-refractivity contribution is 6.39. The lowest BCUT2D eigenvalue weighted by Crippen LogP contribution is -2.54. The number of fused-ring (bicyclic) bond motifs is 1. The Morgan fingerprint density at radius 1 is 0.974 bits per heavy atom. The van der Waals surface area contributed by atoms with Crippen LogP contribution in [0.5, 0.6) is 5.75 Å². The van der Waals surface area contributed by atoms with Crippen LogP contribution in [0.3, 0.4) is 0 Å². The third-order valence-electron chi connectivity index (χ3n) is 6.28. The molecule has 39 heavy (non-hydrogen) atoms. The van der Waals surface area contributed by atoms with Crippen LogP contribution >= 0.6 is 0 Å². The van der Waals surface area contributed by atoms with Crippen molar-refractivity contribution < 1.29 is 23.9 Å². The molecule has 0 atom stereocenters. The molecule has 5 rings (SSSR count). The number of benzene rings is 3. The first-order valence-electron chi connectivity index (χ1n) is 12.4. The zero-order chi connectivity index (χ0) is 27.5. The molecule has 9 nitrogen and oxygen atoms in total. The average Bonchev–Trinajstić information content (AvgIpc) is 3.26. The van der Waals surface area contributed by atoms with E-state index in [2.05, 4.69) is 10.6 Å². The van der Waals surface area contributed by atoms with Crippen molar-refractivity contribution in [3.8, 4) is 5.75 Å². The van der Waals surface area contributed by atoms with Crippen LogP contribution in [0.25, 0.3) is 17.0 Å². The zero-order valence-electron chi connectivity index (χ0n) is 21.4. The Hall–Kier alpha value is -5.18. The number of rotatable bonds is 7. The minimum Gasteiger partial charge on any atom is -0.492 e. The van der Waals surface area contributed by atoms with Gasteiger partial charge in [-0.1, -0.05) is 48.0 Å². The summed E-state index contributed by atoms with van der Waals surface area (Å²) in [4.78, 5) is 52.7. The summed E-state index contributed by atoms with van der Waals surface area (Å²) in [5.74, 6) is -1.46. The summed E-state index contributed by atoms with van der Waals surface area (Å²) >= 11 is 0. The molecule has 1 aliphatic heterocycles. The second kappa shape index (κ2) is 10.7. The fourth-order valence-electron chi connectivity index (χ4n) is 4.46. The molecule has 3 aromatic carbocycles. The van der Waals surface area contributed by atoms with E-state index in [1.54, 1.807) is 42.0 Å². The molecule has 1 fully saturated rings. The van der Waals surface area contributed by atoms with Crippen molar-refractivity contribution >= 4 is 52.1 Å². The van der Waals surface area contributed by atoms with Gasteiger partial charge in [0.2, 0.25) is 5.91 Å². The van der Waals surface area contributed by atoms with Gasteiger partial charge in [-0.25, -0.2) is 9.69 Å². The number of urea groups is 1. The standard InChI is InChI=1S/C30H26N4O5/c1-3-39-26-11-7-6-10-25(26)34-29(37)23(28(36)32-30(34)38)16-20-17-33(24-9-5-4-8-22(20)24)18-27(35)31-21-14-12-19(2)13-15-21/h4-17H,3,18H2,1-2H3,(H,31,35)(H,32,36,38)/b23-16+. The number of nitrogens with zero attached hydrogens (tertiary/aromatic N) is 2. The Kier molecular flexibility index (Phi) is 6.96. The van der Waals surface area contributed by atoms with Crippen LogP contribution in [0.1, 0.15) is 18.1 Å². The Balaban J connectivity index is 1.48. The number of hydrogen-bond donors (Lipinski definition) is 2. The van der Waals surface area contributed by atoms with Gasteiger partial charge >= 0.3 is 6.03 Å². The number of nitrogens with one attached hydrogen (secondary N) is 2. The average molecular weight is 523 g/mol. The fourth-order valence-corrected chi connectivity index (χ4v) is 4.46. The van der Waals surface area contributed by atoms with E-state index in [4.69, 9.17) is 4.74 Å². The molecule has 2 heterocycles. The molecule has 5 amide bonds. The van der Waals surface area contributed by atoms with Crippen molar-refractivity contribution in [2.75, 3.05) is 16.8 Å². The highest BCUT2D eigenvalue weighted by Gasteiger charge is 2.38. The highest BCUT2D eigenvalue weighted by atomic mass is 16.5. The normalized spacial score (nSPS) is 14.6. The van der Waals surface area contributed by atoms with E-state index in [1.807, 2.05) is 55.5 Å². The van der Waals surface area contributed by atoms with Gasteiger partial charge in [0, 0.05) is 28.4 Å². The lowest BCUT2D eigenvalue weighted by Gasteiger charge is -2.27. The van der Waals surface area contributed by atoms with Gasteiger partial charge in [-0.15, -0.1) is 0 Å². The molecular formula is C30H26N4O5. The maximum atomic E-state index is 13.5. The van der Waals surface area contributed by atoms with E-state index in [-0.39, 0.29) is 23.7 Å². The number of aryl methyl sites for hydroxylation is 1. The SMILES string of the molecule is CCOc1ccccc1N1C(=O)NC(=O)/C(=C\c2cn(CC(=O)Nc3ccc(C)cc3)c3ccccc23)C1=O. The van der Waals surface area contributed by atoms with E-state index in [0.29, 0.717) is 23.6 Å². The summed E-state index contributed by atoms with van der Waals surface area (Å²) < 4.78 is 7.35. The van der Waals surface area contributed by atoms with Crippen LogP contribution in [-0.4, -0.2) is 34.9 Å². The fraction of sp³-hybridized carbons (Fsp3) is 0.133. The predicted molar refractivity (Wildman–Crippen MR) is 148 cm³/mol. The van der Waals surface area contributed by atoms with Crippen molar-refractivity contribution in [1.82, 2.24) is 9.88 Å². The van der Waals surface area contributed by atoms with Gasteiger partial charge in [-0.2, -0.15) is 0 Å². The van der Waals surface area contributed by atoms with E-state index >= 15 is 0 Å². The lowest BCUT2D eigenvalue weighted by atomic mass is 10.1. The van der Waals surface area contributed by atoms with Gasteiger partial charge in [-0.3, -0.25) is 19.7 Å². The third-order valence-corrected chi connectivity index (χ3v) is 6.28. The third kappa shape index (κ3) is 5.15. The van der Waals surface area contributed by atoms with Gasteiger partial charge in [0.05, 0.1) is 12.3 Å². The second-order valence-electron chi connectivity index (χ2n) is 9.00. The predicted octanol–water partition coefficient (Wildman–Crippen LogP) is 4.65. The summed E-state index contributed by atoms with van der Waals surface area (Å²) in [5, 5.41) is 5.87. The zero-order valence-corrected chi connectivity index (χ0v) is 21.4. The van der Waals surface area contributed by atoms with Crippen LogP contribution in [0.2, 0.25) is 0 Å². The molecule has 0 saturated carbocycles. The van der Waals surface area contributed by atoms with E-state index in [9.17, 15) is 19.2 Å². The van der Waals surface area contributed by atoms with Crippen molar-refractivity contribution in [1.29, 1.82) is 0 Å². The minimum atomic E-state index is -0.857. The quantitative estimate of drug-likeness (QED) is 0.271. The smallest absolute Gasteiger partial charge is 0.336 e. The molecule has 0 bridgehead atoms. The monoisotopic (exact) mass is 522 g/mol. The van der Waals surface area contributed by atoms with Crippen molar-refractivity contribution in [3.05, 3.63) is 95.7 Å². The van der Waals surface area contributed by atoms with Crippen LogP contribution < -0.4 is 20.3 Å². The Bertz CT molecular complexity index is 1630. The number of carbonyl (C=O) groups excluding carboxylic acids is 4. The largest absolute Gasteiger partial charge is 0.492 e. The highest BCUT2D eigenvalue weighted by Crippen LogP contribution is 2.32. The summed E-state index contributed by atoms with van der Waals surface area (Å²) in [7, 11) is 0. The number of barbiturate groups is 1. The number of para-hydroxylation sites is 3. The first-order valence-corrected chi connectivity index (χ1v) is 12.4. The van der Waals surface area contributed by atoms with E-state index in [1.165, 1.54) is 6.08 Å². The molecule has 4 aromatic rings. The van der Waals surface area contributed by atoms with Crippen molar-refractivity contribution in [2.45, 2.75) is 20.4 Å². The molecule has 0 radical (unpaired) electrons.